The monoisotopic (exact) mass is 523 g/mol. The number of benzene rings is 1. The molecule has 0 aromatic heterocycles. The number of nitrogens with one attached hydrogen (secondary N) is 2. The van der Waals surface area contributed by atoms with Gasteiger partial charge in [0.1, 0.15) is 5.82 Å². The molecule has 2 saturated carbocycles. The van der Waals surface area contributed by atoms with E-state index in [-0.39, 0.29) is 42.1 Å². The maximum absolute atomic E-state index is 13.7. The van der Waals surface area contributed by atoms with Gasteiger partial charge in [0.05, 0.1) is 12.3 Å². The highest BCUT2D eigenvalue weighted by Crippen LogP contribution is 2.48. The van der Waals surface area contributed by atoms with E-state index < -0.39 is 9.84 Å². The Labute approximate surface area is 184 Å². The number of halogens is 2. The van der Waals surface area contributed by atoms with Gasteiger partial charge in [0.2, 0.25) is 0 Å². The van der Waals surface area contributed by atoms with Crippen LogP contribution in [0.1, 0.15) is 43.7 Å². The van der Waals surface area contributed by atoms with Crippen molar-refractivity contribution in [3.05, 3.63) is 35.1 Å². The lowest BCUT2D eigenvalue weighted by molar-refractivity contribution is 0.400. The van der Waals surface area contributed by atoms with Crippen LogP contribution >= 0.6 is 24.0 Å². The molecular weight excluding hydrogens is 492 g/mol. The Morgan fingerprint density at radius 3 is 2.36 bits per heavy atom. The van der Waals surface area contributed by atoms with Gasteiger partial charge in [0.25, 0.3) is 0 Å². The summed E-state index contributed by atoms with van der Waals surface area (Å²) in [5, 5.41) is 6.68. The van der Waals surface area contributed by atoms with E-state index in [1.54, 1.807) is 0 Å². The fraction of sp³-hybridized carbons (Fsp3) is 0.650. The van der Waals surface area contributed by atoms with Crippen LogP contribution in [0, 0.1) is 23.6 Å². The number of sulfone groups is 1. The lowest BCUT2D eigenvalue weighted by Gasteiger charge is -2.19. The maximum atomic E-state index is 13.7. The lowest BCUT2D eigenvalue weighted by atomic mass is 9.98. The van der Waals surface area contributed by atoms with E-state index in [1.165, 1.54) is 50.1 Å². The van der Waals surface area contributed by atoms with Crippen LogP contribution in [-0.2, 0) is 22.1 Å². The van der Waals surface area contributed by atoms with E-state index in [1.807, 2.05) is 6.92 Å². The minimum absolute atomic E-state index is 0. The third-order valence-corrected chi connectivity index (χ3v) is 6.13. The number of rotatable bonds is 9. The second-order valence-electron chi connectivity index (χ2n) is 7.90. The van der Waals surface area contributed by atoms with Gasteiger partial charge in [-0.05, 0) is 73.6 Å². The van der Waals surface area contributed by atoms with Crippen LogP contribution in [0.5, 0.6) is 0 Å². The Morgan fingerprint density at radius 2 is 1.82 bits per heavy atom. The third-order valence-electron chi connectivity index (χ3n) is 5.30. The molecule has 1 aromatic rings. The predicted octanol–water partition coefficient (Wildman–Crippen LogP) is 3.48. The first-order valence-corrected chi connectivity index (χ1v) is 11.9. The molecule has 0 bridgehead atoms. The zero-order chi connectivity index (χ0) is 19.4. The maximum Gasteiger partial charge on any atom is 0.191 e. The van der Waals surface area contributed by atoms with Crippen LogP contribution in [0.2, 0.25) is 0 Å². The van der Waals surface area contributed by atoms with Gasteiger partial charge < -0.3 is 10.6 Å². The molecule has 0 amide bonds. The largest absolute Gasteiger partial charge is 0.357 e. The van der Waals surface area contributed by atoms with Gasteiger partial charge in [-0.3, -0.25) is 0 Å². The second kappa shape index (κ2) is 10.2. The van der Waals surface area contributed by atoms with Crippen molar-refractivity contribution in [3.8, 4) is 0 Å². The van der Waals surface area contributed by atoms with E-state index in [2.05, 4.69) is 15.6 Å². The average Bonchev–Trinajstić information content (AvgIpc) is 3.47. The second-order valence-corrected chi connectivity index (χ2v) is 10.0. The van der Waals surface area contributed by atoms with E-state index >= 15 is 0 Å². The SMILES string of the molecule is CCNC(=NCc1cc(F)ccc1CS(C)(=O)=O)NCC(C1CC1)C1CC1.I. The minimum Gasteiger partial charge on any atom is -0.357 e. The van der Waals surface area contributed by atoms with Gasteiger partial charge in [-0.15, -0.1) is 24.0 Å². The summed E-state index contributed by atoms with van der Waals surface area (Å²) in [5.41, 5.74) is 1.21. The Morgan fingerprint density at radius 1 is 1.18 bits per heavy atom. The van der Waals surface area contributed by atoms with Crippen LogP contribution < -0.4 is 10.6 Å². The Bertz CT molecular complexity index is 781. The fourth-order valence-corrected chi connectivity index (χ4v) is 4.50. The molecule has 2 fully saturated rings. The molecule has 28 heavy (non-hydrogen) atoms. The van der Waals surface area contributed by atoms with Crippen molar-refractivity contribution in [3.63, 3.8) is 0 Å². The first-order chi connectivity index (χ1) is 12.9. The number of aliphatic imine (C=N–C) groups is 1. The van der Waals surface area contributed by atoms with Crippen LogP contribution in [-0.4, -0.2) is 33.7 Å². The van der Waals surface area contributed by atoms with Crippen molar-refractivity contribution < 1.29 is 12.8 Å². The molecular formula is C20H31FIN3O2S. The Balaban J connectivity index is 0.00000280. The molecule has 0 heterocycles. The average molecular weight is 523 g/mol. The molecule has 0 atom stereocenters. The van der Waals surface area contributed by atoms with Gasteiger partial charge >= 0.3 is 0 Å². The molecule has 0 unspecified atom stereocenters. The topological polar surface area (TPSA) is 70.6 Å². The standard InChI is InChI=1S/C20H30FN3O2S.HI/c1-3-22-20(24-12-19(14-4-5-14)15-6-7-15)23-11-17-10-18(21)9-8-16(17)13-27(2,25)26;/h8-10,14-15,19H,3-7,11-13H2,1-2H3,(H2,22,23,24);1H. The summed E-state index contributed by atoms with van der Waals surface area (Å²) in [4.78, 5) is 4.58. The van der Waals surface area contributed by atoms with Gasteiger partial charge in [0, 0.05) is 19.3 Å². The first-order valence-electron chi connectivity index (χ1n) is 9.83. The van der Waals surface area contributed by atoms with Crippen molar-refractivity contribution in [1.82, 2.24) is 10.6 Å². The summed E-state index contributed by atoms with van der Waals surface area (Å²) in [6.07, 6.45) is 6.55. The minimum atomic E-state index is -3.19. The molecule has 0 aliphatic heterocycles. The Hall–Kier alpha value is -0.900. The summed E-state index contributed by atoms with van der Waals surface area (Å²) < 4.78 is 37.0. The molecule has 5 nitrogen and oxygen atoms in total. The van der Waals surface area contributed by atoms with E-state index in [0.29, 0.717) is 17.1 Å². The van der Waals surface area contributed by atoms with Gasteiger partial charge in [-0.2, -0.15) is 0 Å². The fourth-order valence-electron chi connectivity index (χ4n) is 3.65. The summed E-state index contributed by atoms with van der Waals surface area (Å²) in [7, 11) is -3.19. The van der Waals surface area contributed by atoms with E-state index in [9.17, 15) is 12.8 Å². The van der Waals surface area contributed by atoms with Crippen LogP contribution in [0.15, 0.2) is 23.2 Å². The van der Waals surface area contributed by atoms with Crippen LogP contribution in [0.3, 0.4) is 0 Å². The molecule has 0 saturated heterocycles. The summed E-state index contributed by atoms with van der Waals surface area (Å²) in [5.74, 6) is 2.67. The highest BCUT2D eigenvalue weighted by molar-refractivity contribution is 14.0. The van der Waals surface area contributed by atoms with E-state index in [4.69, 9.17) is 0 Å². The summed E-state index contributed by atoms with van der Waals surface area (Å²) in [6, 6.07) is 4.22. The molecule has 0 spiro atoms. The zero-order valence-corrected chi connectivity index (χ0v) is 19.7. The zero-order valence-electron chi connectivity index (χ0n) is 16.6. The van der Waals surface area contributed by atoms with Crippen LogP contribution in [0.25, 0.3) is 0 Å². The lowest BCUT2D eigenvalue weighted by Crippen LogP contribution is -2.40. The summed E-state index contributed by atoms with van der Waals surface area (Å²) in [6.45, 7) is 3.91. The molecule has 3 rings (SSSR count). The molecule has 2 aliphatic carbocycles. The molecule has 0 radical (unpaired) electrons. The smallest absolute Gasteiger partial charge is 0.191 e. The Kier molecular flexibility index (Phi) is 8.54. The van der Waals surface area contributed by atoms with Crippen LogP contribution in [0.4, 0.5) is 4.39 Å². The van der Waals surface area contributed by atoms with Crippen molar-refractivity contribution in [2.24, 2.45) is 22.7 Å². The normalized spacial score (nSPS) is 17.4. The molecule has 1 aromatic carbocycles. The van der Waals surface area contributed by atoms with Gasteiger partial charge in [-0.25, -0.2) is 17.8 Å². The number of hydrogen-bond acceptors (Lipinski definition) is 3. The highest BCUT2D eigenvalue weighted by atomic mass is 127. The number of hydrogen-bond donors (Lipinski definition) is 2. The van der Waals surface area contributed by atoms with E-state index in [0.717, 1.165) is 30.8 Å². The first kappa shape index (κ1) is 23.4. The highest BCUT2D eigenvalue weighted by Gasteiger charge is 2.41. The number of guanidine groups is 1. The van der Waals surface area contributed by atoms with Crippen molar-refractivity contribution in [2.75, 3.05) is 19.3 Å². The quantitative estimate of drug-likeness (QED) is 0.296. The molecule has 2 aliphatic rings. The number of nitrogens with zero attached hydrogens (tertiary/aromatic N) is 1. The van der Waals surface area contributed by atoms with Crippen molar-refractivity contribution in [1.29, 1.82) is 0 Å². The van der Waals surface area contributed by atoms with Gasteiger partial charge in [-0.1, -0.05) is 6.07 Å². The third kappa shape index (κ3) is 7.50. The van der Waals surface area contributed by atoms with Crippen molar-refractivity contribution >= 4 is 39.8 Å². The summed E-state index contributed by atoms with van der Waals surface area (Å²) >= 11 is 0. The molecule has 8 heteroatoms. The van der Waals surface area contributed by atoms with Gasteiger partial charge in [0.15, 0.2) is 15.8 Å². The van der Waals surface area contributed by atoms with Crippen molar-refractivity contribution in [2.45, 2.75) is 44.9 Å². The molecule has 158 valence electrons. The predicted molar refractivity (Wildman–Crippen MR) is 122 cm³/mol. The molecule has 2 N–H and O–H groups in total.